The van der Waals surface area contributed by atoms with E-state index in [0.29, 0.717) is 12.2 Å². The van der Waals surface area contributed by atoms with Crippen LogP contribution in [0.2, 0.25) is 0 Å². The van der Waals surface area contributed by atoms with Crippen LogP contribution < -0.4 is 10.6 Å². The maximum absolute atomic E-state index is 11.6. The summed E-state index contributed by atoms with van der Waals surface area (Å²) < 4.78 is 4.82. The molecule has 1 aromatic rings. The summed E-state index contributed by atoms with van der Waals surface area (Å²) in [5.41, 5.74) is 0.731. The normalized spacial score (nSPS) is 11.7. The molecule has 1 atom stereocenters. The summed E-state index contributed by atoms with van der Waals surface area (Å²) in [7, 11) is 1.42. The minimum Gasteiger partial charge on any atom is -0.480 e. The molecule has 0 saturated heterocycles. The van der Waals surface area contributed by atoms with Gasteiger partial charge in [0.25, 0.3) is 5.91 Å². The summed E-state index contributed by atoms with van der Waals surface area (Å²) in [6, 6.07) is 2.21. The number of pyridine rings is 1. The first-order chi connectivity index (χ1) is 9.08. The Hall–Kier alpha value is -2.15. The molecule has 1 heterocycles. The fourth-order valence-electron chi connectivity index (χ4n) is 1.44. The lowest BCUT2D eigenvalue weighted by atomic mass is 10.2. The number of methoxy groups -OCH3 is 1. The minimum absolute atomic E-state index is 0.0220. The average Bonchev–Trinajstić information content (AvgIpc) is 2.39. The topological polar surface area (TPSA) is 101 Å². The van der Waals surface area contributed by atoms with E-state index in [4.69, 9.17) is 9.84 Å². The summed E-state index contributed by atoms with van der Waals surface area (Å²) in [5.74, 6) is -1.33. The number of rotatable bonds is 7. The van der Waals surface area contributed by atoms with Crippen molar-refractivity contribution in [1.82, 2.24) is 10.3 Å². The van der Waals surface area contributed by atoms with Crippen LogP contribution in [0.5, 0.6) is 0 Å². The molecule has 7 heteroatoms. The largest absolute Gasteiger partial charge is 0.480 e. The second-order valence-corrected chi connectivity index (χ2v) is 3.78. The van der Waals surface area contributed by atoms with Gasteiger partial charge >= 0.3 is 5.97 Å². The Labute approximate surface area is 111 Å². The summed E-state index contributed by atoms with van der Waals surface area (Å²) >= 11 is 0. The van der Waals surface area contributed by atoms with Crippen LogP contribution in [0, 0.1) is 0 Å². The van der Waals surface area contributed by atoms with E-state index in [1.165, 1.54) is 19.4 Å². The van der Waals surface area contributed by atoms with Crippen LogP contribution in [-0.2, 0) is 9.53 Å². The Morgan fingerprint density at radius 3 is 2.84 bits per heavy atom. The van der Waals surface area contributed by atoms with E-state index in [1.807, 2.05) is 0 Å². The van der Waals surface area contributed by atoms with Gasteiger partial charge < -0.3 is 20.5 Å². The lowest BCUT2D eigenvalue weighted by Crippen LogP contribution is -2.33. The van der Waals surface area contributed by atoms with E-state index < -0.39 is 12.0 Å². The SMILES string of the molecule is CCNC(=O)c1cc(NC(COC)C(=O)O)ccn1. The summed E-state index contributed by atoms with van der Waals surface area (Å²) in [5, 5.41) is 14.4. The zero-order valence-corrected chi connectivity index (χ0v) is 10.8. The van der Waals surface area contributed by atoms with E-state index in [1.54, 1.807) is 13.0 Å². The zero-order valence-electron chi connectivity index (χ0n) is 10.8. The summed E-state index contributed by atoms with van der Waals surface area (Å²) in [6.07, 6.45) is 1.44. The molecule has 7 nitrogen and oxygen atoms in total. The quantitative estimate of drug-likeness (QED) is 0.658. The molecule has 0 aliphatic rings. The van der Waals surface area contributed by atoms with Crippen molar-refractivity contribution < 1.29 is 19.4 Å². The van der Waals surface area contributed by atoms with Crippen LogP contribution in [0.1, 0.15) is 17.4 Å². The number of amides is 1. The number of carboxylic acid groups (broad SMARTS) is 1. The first-order valence-electron chi connectivity index (χ1n) is 5.81. The molecule has 0 aromatic carbocycles. The van der Waals surface area contributed by atoms with E-state index in [0.717, 1.165) is 0 Å². The van der Waals surface area contributed by atoms with Crippen LogP contribution in [0.15, 0.2) is 18.3 Å². The van der Waals surface area contributed by atoms with Gasteiger partial charge in [0.1, 0.15) is 11.7 Å². The maximum Gasteiger partial charge on any atom is 0.328 e. The molecule has 0 saturated carbocycles. The number of nitrogens with one attached hydrogen (secondary N) is 2. The molecule has 0 aliphatic carbocycles. The van der Waals surface area contributed by atoms with Crippen LogP contribution in [-0.4, -0.2) is 48.3 Å². The smallest absolute Gasteiger partial charge is 0.328 e. The number of ether oxygens (including phenoxy) is 1. The van der Waals surface area contributed by atoms with Crippen molar-refractivity contribution in [1.29, 1.82) is 0 Å². The molecule has 0 aliphatic heterocycles. The standard InChI is InChI=1S/C12H17N3O4/c1-3-13-11(16)9-6-8(4-5-14-9)15-10(7-19-2)12(17)18/h4-6,10H,3,7H2,1-2H3,(H,13,16)(H,14,15)(H,17,18). The number of anilines is 1. The van der Waals surface area contributed by atoms with E-state index in [9.17, 15) is 9.59 Å². The lowest BCUT2D eigenvalue weighted by Gasteiger charge is -2.15. The second kappa shape index (κ2) is 7.32. The van der Waals surface area contributed by atoms with Crippen LogP contribution >= 0.6 is 0 Å². The first kappa shape index (κ1) is 14.9. The highest BCUT2D eigenvalue weighted by molar-refractivity contribution is 5.93. The van der Waals surface area contributed by atoms with Crippen LogP contribution in [0.3, 0.4) is 0 Å². The summed E-state index contributed by atoms with van der Waals surface area (Å²) in [6.45, 7) is 2.33. The van der Waals surface area contributed by atoms with Gasteiger partial charge in [-0.1, -0.05) is 0 Å². The van der Waals surface area contributed by atoms with Crippen LogP contribution in [0.4, 0.5) is 5.69 Å². The Kier molecular flexibility index (Phi) is 5.74. The fraction of sp³-hybridized carbons (Fsp3) is 0.417. The molecule has 104 valence electrons. The third-order valence-electron chi connectivity index (χ3n) is 2.30. The van der Waals surface area contributed by atoms with Crippen molar-refractivity contribution >= 4 is 17.6 Å². The molecule has 1 amide bonds. The monoisotopic (exact) mass is 267 g/mol. The highest BCUT2D eigenvalue weighted by Gasteiger charge is 2.17. The molecule has 19 heavy (non-hydrogen) atoms. The Bertz CT molecular complexity index is 450. The number of aromatic nitrogens is 1. The number of carbonyl (C=O) groups is 2. The molecule has 1 aromatic heterocycles. The van der Waals surface area contributed by atoms with Gasteiger partial charge in [0.05, 0.1) is 6.61 Å². The molecule has 1 unspecified atom stereocenters. The molecule has 1 rings (SSSR count). The molecular formula is C12H17N3O4. The third kappa shape index (κ3) is 4.55. The maximum atomic E-state index is 11.6. The van der Waals surface area contributed by atoms with Gasteiger partial charge in [-0.3, -0.25) is 9.78 Å². The van der Waals surface area contributed by atoms with Gasteiger partial charge in [0.15, 0.2) is 0 Å². The second-order valence-electron chi connectivity index (χ2n) is 3.78. The van der Waals surface area contributed by atoms with Crippen molar-refractivity contribution in [2.45, 2.75) is 13.0 Å². The predicted molar refractivity (Wildman–Crippen MR) is 69.2 cm³/mol. The van der Waals surface area contributed by atoms with Crippen molar-refractivity contribution in [2.24, 2.45) is 0 Å². The lowest BCUT2D eigenvalue weighted by molar-refractivity contribution is -0.139. The summed E-state index contributed by atoms with van der Waals surface area (Å²) in [4.78, 5) is 26.5. The molecule has 0 bridgehead atoms. The van der Waals surface area contributed by atoms with Gasteiger partial charge in [-0.2, -0.15) is 0 Å². The molecule has 0 radical (unpaired) electrons. The molecular weight excluding hydrogens is 250 g/mol. The Balaban J connectivity index is 2.81. The number of carboxylic acids is 1. The van der Waals surface area contributed by atoms with E-state index >= 15 is 0 Å². The average molecular weight is 267 g/mol. The number of hydrogen-bond acceptors (Lipinski definition) is 5. The van der Waals surface area contributed by atoms with Gasteiger partial charge in [-0.05, 0) is 19.1 Å². The highest BCUT2D eigenvalue weighted by Crippen LogP contribution is 2.10. The number of nitrogens with zero attached hydrogens (tertiary/aromatic N) is 1. The molecule has 0 fully saturated rings. The minimum atomic E-state index is -1.03. The van der Waals surface area contributed by atoms with E-state index in [2.05, 4.69) is 15.6 Å². The van der Waals surface area contributed by atoms with Gasteiger partial charge in [-0.15, -0.1) is 0 Å². The number of aliphatic carboxylic acids is 1. The van der Waals surface area contributed by atoms with Crippen molar-refractivity contribution in [2.75, 3.05) is 25.6 Å². The van der Waals surface area contributed by atoms with Gasteiger partial charge in [0, 0.05) is 25.5 Å². The Morgan fingerprint density at radius 1 is 1.53 bits per heavy atom. The number of hydrogen-bond donors (Lipinski definition) is 3. The molecule has 3 N–H and O–H groups in total. The predicted octanol–water partition coefficient (Wildman–Crippen LogP) is 0.343. The zero-order chi connectivity index (χ0) is 14.3. The van der Waals surface area contributed by atoms with Crippen molar-refractivity contribution in [3.63, 3.8) is 0 Å². The van der Waals surface area contributed by atoms with Gasteiger partial charge in [-0.25, -0.2) is 4.79 Å². The van der Waals surface area contributed by atoms with Crippen LogP contribution in [0.25, 0.3) is 0 Å². The fourth-order valence-corrected chi connectivity index (χ4v) is 1.44. The Morgan fingerprint density at radius 2 is 2.26 bits per heavy atom. The first-order valence-corrected chi connectivity index (χ1v) is 5.81. The highest BCUT2D eigenvalue weighted by atomic mass is 16.5. The number of carbonyl (C=O) groups excluding carboxylic acids is 1. The van der Waals surface area contributed by atoms with E-state index in [-0.39, 0.29) is 18.2 Å². The van der Waals surface area contributed by atoms with Gasteiger partial charge in [0.2, 0.25) is 0 Å². The van der Waals surface area contributed by atoms with Crippen molar-refractivity contribution in [3.05, 3.63) is 24.0 Å². The third-order valence-corrected chi connectivity index (χ3v) is 2.30. The van der Waals surface area contributed by atoms with Crippen molar-refractivity contribution in [3.8, 4) is 0 Å². The molecule has 0 spiro atoms.